The van der Waals surface area contributed by atoms with Crippen molar-refractivity contribution in [2.75, 3.05) is 0 Å². The fraction of sp³-hybridized carbons (Fsp3) is 0.364. The number of hydrogen-bond donors (Lipinski definition) is 0. The van der Waals surface area contributed by atoms with Gasteiger partial charge in [-0.2, -0.15) is 0 Å². The molecule has 0 radical (unpaired) electrons. The Bertz CT molecular complexity index is 269. The summed E-state index contributed by atoms with van der Waals surface area (Å²) in [7, 11) is 0. The van der Waals surface area contributed by atoms with E-state index in [2.05, 4.69) is 0 Å². The van der Waals surface area contributed by atoms with Crippen LogP contribution in [-0.2, 0) is 11.2 Å². The maximum atomic E-state index is 11.4. The van der Waals surface area contributed by atoms with E-state index in [0.717, 1.165) is 5.56 Å². The highest BCUT2D eigenvalue weighted by molar-refractivity contribution is 6.31. The van der Waals surface area contributed by atoms with Crippen molar-refractivity contribution in [1.29, 1.82) is 0 Å². The summed E-state index contributed by atoms with van der Waals surface area (Å²) in [5.41, 5.74) is 1.03. The number of alkyl halides is 1. The van der Waals surface area contributed by atoms with E-state index in [1.165, 1.54) is 0 Å². The molecule has 0 aliphatic rings. The second-order valence-corrected chi connectivity index (χ2v) is 3.53. The second kappa shape index (κ2) is 5.03. The fourth-order valence-corrected chi connectivity index (χ4v) is 1.21. The largest absolute Gasteiger partial charge is 0.298 e. The molecule has 0 N–H and O–H groups in total. The molecule has 0 heterocycles. The van der Waals surface area contributed by atoms with Gasteiger partial charge < -0.3 is 0 Å². The Hall–Kier alpha value is -0.820. The van der Waals surface area contributed by atoms with Crippen molar-refractivity contribution >= 4 is 17.4 Å². The van der Waals surface area contributed by atoms with Crippen LogP contribution in [-0.4, -0.2) is 11.2 Å². The van der Waals surface area contributed by atoms with Gasteiger partial charge in [-0.05, 0) is 12.0 Å². The first-order chi connectivity index (χ1) is 6.24. The van der Waals surface area contributed by atoms with Crippen LogP contribution in [0.1, 0.15) is 18.9 Å². The summed E-state index contributed by atoms with van der Waals surface area (Å²) in [6.45, 7) is 1.92. The molecule has 0 saturated carbocycles. The highest BCUT2D eigenvalue weighted by atomic mass is 35.5. The molecule has 70 valence electrons. The summed E-state index contributed by atoms with van der Waals surface area (Å²) in [6, 6.07) is 9.68. The molecule has 0 aliphatic carbocycles. The minimum Gasteiger partial charge on any atom is -0.298 e. The summed E-state index contributed by atoms with van der Waals surface area (Å²) < 4.78 is 0. The summed E-state index contributed by atoms with van der Waals surface area (Å²) in [6.07, 6.45) is 1.15. The van der Waals surface area contributed by atoms with Gasteiger partial charge in [0.15, 0.2) is 5.78 Å². The molecule has 1 nitrogen and oxygen atoms in total. The van der Waals surface area contributed by atoms with E-state index in [4.69, 9.17) is 11.6 Å². The van der Waals surface area contributed by atoms with Crippen LogP contribution in [0.5, 0.6) is 0 Å². The third-order valence-electron chi connectivity index (χ3n) is 1.93. The Labute approximate surface area is 83.7 Å². The highest BCUT2D eigenvalue weighted by Gasteiger charge is 2.12. The van der Waals surface area contributed by atoms with Crippen LogP contribution >= 0.6 is 11.6 Å². The Kier molecular flexibility index (Phi) is 3.97. The van der Waals surface area contributed by atoms with E-state index in [9.17, 15) is 4.79 Å². The number of benzene rings is 1. The lowest BCUT2D eigenvalue weighted by molar-refractivity contribution is -0.118. The minimum atomic E-state index is -0.333. The van der Waals surface area contributed by atoms with Gasteiger partial charge >= 0.3 is 0 Å². The number of rotatable bonds is 4. The van der Waals surface area contributed by atoms with Gasteiger partial charge in [-0.1, -0.05) is 37.3 Å². The van der Waals surface area contributed by atoms with Gasteiger partial charge in [0.2, 0.25) is 0 Å². The van der Waals surface area contributed by atoms with E-state index in [-0.39, 0.29) is 11.2 Å². The van der Waals surface area contributed by atoms with Crippen LogP contribution in [0.15, 0.2) is 30.3 Å². The van der Waals surface area contributed by atoms with Gasteiger partial charge in [0.25, 0.3) is 0 Å². The third kappa shape index (κ3) is 3.19. The Morgan fingerprint density at radius 3 is 2.54 bits per heavy atom. The molecule has 0 aliphatic heterocycles. The van der Waals surface area contributed by atoms with Crippen molar-refractivity contribution in [3.63, 3.8) is 0 Å². The number of ketones is 1. The quantitative estimate of drug-likeness (QED) is 0.677. The summed E-state index contributed by atoms with van der Waals surface area (Å²) in [5, 5.41) is -0.333. The number of halogens is 1. The molecule has 0 aromatic heterocycles. The molecule has 1 aromatic carbocycles. The maximum Gasteiger partial charge on any atom is 0.155 e. The van der Waals surface area contributed by atoms with Crippen molar-refractivity contribution in [1.82, 2.24) is 0 Å². The third-order valence-corrected chi connectivity index (χ3v) is 2.48. The standard InChI is InChI=1S/C11H13ClO/c1-2-10(12)11(13)8-9-6-4-3-5-7-9/h3-7,10H,2,8H2,1H3. The average Bonchev–Trinajstić information content (AvgIpc) is 2.18. The van der Waals surface area contributed by atoms with Crippen molar-refractivity contribution < 1.29 is 4.79 Å². The molecule has 1 rings (SSSR count). The molecule has 1 atom stereocenters. The summed E-state index contributed by atoms with van der Waals surface area (Å²) >= 11 is 5.82. The van der Waals surface area contributed by atoms with Crippen LogP contribution < -0.4 is 0 Å². The molecule has 2 heteroatoms. The smallest absolute Gasteiger partial charge is 0.155 e. The summed E-state index contributed by atoms with van der Waals surface area (Å²) in [5.74, 6) is 0.107. The highest BCUT2D eigenvalue weighted by Crippen LogP contribution is 2.08. The first-order valence-electron chi connectivity index (χ1n) is 4.44. The molecule has 0 spiro atoms. The zero-order valence-electron chi connectivity index (χ0n) is 7.66. The molecule has 1 unspecified atom stereocenters. The maximum absolute atomic E-state index is 11.4. The number of carbonyl (C=O) groups excluding carboxylic acids is 1. The zero-order chi connectivity index (χ0) is 9.68. The van der Waals surface area contributed by atoms with Gasteiger partial charge in [-0.3, -0.25) is 4.79 Å². The van der Waals surface area contributed by atoms with Crippen LogP contribution in [0.3, 0.4) is 0 Å². The van der Waals surface area contributed by atoms with Gasteiger partial charge in [0.05, 0.1) is 5.38 Å². The molecule has 0 amide bonds. The van der Waals surface area contributed by atoms with Gasteiger partial charge in [-0.25, -0.2) is 0 Å². The van der Waals surface area contributed by atoms with Crippen LogP contribution in [0.4, 0.5) is 0 Å². The molecule has 13 heavy (non-hydrogen) atoms. The molecule has 0 fully saturated rings. The Morgan fingerprint density at radius 2 is 2.00 bits per heavy atom. The fourth-order valence-electron chi connectivity index (χ4n) is 1.14. The Morgan fingerprint density at radius 1 is 1.38 bits per heavy atom. The van der Waals surface area contributed by atoms with Crippen LogP contribution in [0.25, 0.3) is 0 Å². The summed E-state index contributed by atoms with van der Waals surface area (Å²) in [4.78, 5) is 11.4. The molecular formula is C11H13ClO. The first kappa shape index (κ1) is 10.3. The number of hydrogen-bond acceptors (Lipinski definition) is 1. The van der Waals surface area contributed by atoms with E-state index in [0.29, 0.717) is 12.8 Å². The van der Waals surface area contributed by atoms with Crippen LogP contribution in [0, 0.1) is 0 Å². The van der Waals surface area contributed by atoms with E-state index >= 15 is 0 Å². The first-order valence-corrected chi connectivity index (χ1v) is 4.88. The predicted octanol–water partition coefficient (Wildman–Crippen LogP) is 2.82. The lowest BCUT2D eigenvalue weighted by Gasteiger charge is -2.04. The van der Waals surface area contributed by atoms with E-state index in [1.54, 1.807) is 0 Å². The monoisotopic (exact) mass is 196 g/mol. The Balaban J connectivity index is 2.55. The van der Waals surface area contributed by atoms with Crippen molar-refractivity contribution in [3.05, 3.63) is 35.9 Å². The molecule has 0 saturated heterocycles. The van der Waals surface area contributed by atoms with Gasteiger partial charge in [-0.15, -0.1) is 11.6 Å². The minimum absolute atomic E-state index is 0.107. The molecule has 1 aromatic rings. The molecular weight excluding hydrogens is 184 g/mol. The van der Waals surface area contributed by atoms with Gasteiger partial charge in [0, 0.05) is 6.42 Å². The van der Waals surface area contributed by atoms with Crippen LogP contribution in [0.2, 0.25) is 0 Å². The lowest BCUT2D eigenvalue weighted by Crippen LogP contribution is -2.15. The van der Waals surface area contributed by atoms with Gasteiger partial charge in [0.1, 0.15) is 0 Å². The van der Waals surface area contributed by atoms with Crippen molar-refractivity contribution in [2.24, 2.45) is 0 Å². The van der Waals surface area contributed by atoms with Crippen molar-refractivity contribution in [3.8, 4) is 0 Å². The van der Waals surface area contributed by atoms with E-state index in [1.807, 2.05) is 37.3 Å². The van der Waals surface area contributed by atoms with E-state index < -0.39 is 0 Å². The molecule has 0 bridgehead atoms. The van der Waals surface area contributed by atoms with Crippen molar-refractivity contribution in [2.45, 2.75) is 25.1 Å². The topological polar surface area (TPSA) is 17.1 Å². The number of carbonyl (C=O) groups is 1. The predicted molar refractivity (Wildman–Crippen MR) is 55.1 cm³/mol. The zero-order valence-corrected chi connectivity index (χ0v) is 8.42. The normalized spacial score (nSPS) is 12.5. The lowest BCUT2D eigenvalue weighted by atomic mass is 10.1. The number of Topliss-reactive ketones (excluding diaryl/α,β-unsaturated/α-hetero) is 1. The second-order valence-electron chi connectivity index (χ2n) is 3.00. The average molecular weight is 197 g/mol. The SMILES string of the molecule is CCC(Cl)C(=O)Cc1ccccc1.